The van der Waals surface area contributed by atoms with Crippen molar-refractivity contribution < 1.29 is 14.7 Å². The molecular weight excluding hydrogens is 270 g/mol. The number of aryl methyl sites for hydroxylation is 1. The summed E-state index contributed by atoms with van der Waals surface area (Å²) >= 11 is 0. The Morgan fingerprint density at radius 2 is 1.95 bits per heavy atom. The molecule has 0 fully saturated rings. The Balaban J connectivity index is 2.46. The van der Waals surface area contributed by atoms with Crippen LogP contribution in [0.1, 0.15) is 18.4 Å². The SMILES string of the molecule is CN(C)CCCNC(=O)Nc1ccccc1CCC(=O)O. The maximum absolute atomic E-state index is 11.8. The van der Waals surface area contributed by atoms with Crippen molar-refractivity contribution >= 4 is 17.7 Å². The molecule has 0 aliphatic heterocycles. The maximum Gasteiger partial charge on any atom is 0.319 e. The summed E-state index contributed by atoms with van der Waals surface area (Å²) in [5, 5.41) is 14.3. The Kier molecular flexibility index (Phi) is 7.25. The number of carbonyl (C=O) groups is 2. The first kappa shape index (κ1) is 17.0. The topological polar surface area (TPSA) is 81.7 Å². The lowest BCUT2D eigenvalue weighted by atomic mass is 10.1. The monoisotopic (exact) mass is 293 g/mol. The van der Waals surface area contributed by atoms with E-state index in [0.29, 0.717) is 18.7 Å². The van der Waals surface area contributed by atoms with Gasteiger partial charge < -0.3 is 20.6 Å². The van der Waals surface area contributed by atoms with Gasteiger partial charge in [0.15, 0.2) is 0 Å². The van der Waals surface area contributed by atoms with Crippen LogP contribution >= 0.6 is 0 Å². The maximum atomic E-state index is 11.8. The molecule has 0 unspecified atom stereocenters. The number of para-hydroxylation sites is 1. The summed E-state index contributed by atoms with van der Waals surface area (Å²) in [6.07, 6.45) is 1.32. The Morgan fingerprint density at radius 3 is 2.62 bits per heavy atom. The van der Waals surface area contributed by atoms with E-state index < -0.39 is 5.97 Å². The van der Waals surface area contributed by atoms with E-state index in [0.717, 1.165) is 18.5 Å². The molecule has 0 spiro atoms. The summed E-state index contributed by atoms with van der Waals surface area (Å²) in [6.45, 7) is 1.51. The van der Waals surface area contributed by atoms with Crippen LogP contribution in [0.5, 0.6) is 0 Å². The largest absolute Gasteiger partial charge is 0.481 e. The van der Waals surface area contributed by atoms with Crippen molar-refractivity contribution in [3.05, 3.63) is 29.8 Å². The van der Waals surface area contributed by atoms with Gasteiger partial charge in [-0.3, -0.25) is 4.79 Å². The third kappa shape index (κ3) is 7.31. The Morgan fingerprint density at radius 1 is 1.24 bits per heavy atom. The van der Waals surface area contributed by atoms with E-state index in [9.17, 15) is 9.59 Å². The van der Waals surface area contributed by atoms with E-state index in [-0.39, 0.29) is 12.5 Å². The molecule has 0 radical (unpaired) electrons. The van der Waals surface area contributed by atoms with Crippen molar-refractivity contribution in [2.24, 2.45) is 0 Å². The van der Waals surface area contributed by atoms with Crippen LogP contribution in [0, 0.1) is 0 Å². The fourth-order valence-electron chi connectivity index (χ4n) is 1.87. The fraction of sp³-hybridized carbons (Fsp3) is 0.467. The molecule has 6 heteroatoms. The lowest BCUT2D eigenvalue weighted by Crippen LogP contribution is -2.31. The minimum absolute atomic E-state index is 0.0448. The standard InChI is InChI=1S/C15H23N3O3/c1-18(2)11-5-10-16-15(21)17-13-7-4-3-6-12(13)8-9-14(19)20/h3-4,6-7H,5,8-11H2,1-2H3,(H,19,20)(H2,16,17,21). The van der Waals surface area contributed by atoms with E-state index >= 15 is 0 Å². The van der Waals surface area contributed by atoms with E-state index in [4.69, 9.17) is 5.11 Å². The number of carboxylic acids is 1. The number of hydrogen-bond acceptors (Lipinski definition) is 3. The fourth-order valence-corrected chi connectivity index (χ4v) is 1.87. The molecule has 2 amide bonds. The van der Waals surface area contributed by atoms with E-state index in [2.05, 4.69) is 15.5 Å². The van der Waals surface area contributed by atoms with Gasteiger partial charge in [0.2, 0.25) is 0 Å². The zero-order valence-corrected chi connectivity index (χ0v) is 12.6. The summed E-state index contributed by atoms with van der Waals surface area (Å²) in [7, 11) is 3.97. The van der Waals surface area contributed by atoms with Gasteiger partial charge in [0.05, 0.1) is 0 Å². The number of aliphatic carboxylic acids is 1. The molecule has 0 bridgehead atoms. The second-order valence-electron chi connectivity index (χ2n) is 5.09. The molecule has 116 valence electrons. The number of nitrogens with zero attached hydrogens (tertiary/aromatic N) is 1. The molecule has 1 aromatic rings. The molecule has 0 saturated heterocycles. The van der Waals surface area contributed by atoms with Gasteiger partial charge in [0.1, 0.15) is 0 Å². The molecule has 6 nitrogen and oxygen atoms in total. The molecule has 0 aromatic heterocycles. The van der Waals surface area contributed by atoms with Gasteiger partial charge >= 0.3 is 12.0 Å². The molecule has 0 heterocycles. The lowest BCUT2D eigenvalue weighted by Gasteiger charge is -2.12. The second-order valence-corrected chi connectivity index (χ2v) is 5.09. The highest BCUT2D eigenvalue weighted by Crippen LogP contribution is 2.16. The highest BCUT2D eigenvalue weighted by Gasteiger charge is 2.07. The summed E-state index contributed by atoms with van der Waals surface area (Å²) < 4.78 is 0. The van der Waals surface area contributed by atoms with Gasteiger partial charge in [-0.15, -0.1) is 0 Å². The van der Waals surface area contributed by atoms with Gasteiger partial charge in [0.25, 0.3) is 0 Å². The minimum atomic E-state index is -0.849. The number of anilines is 1. The van der Waals surface area contributed by atoms with Crippen LogP contribution in [0.4, 0.5) is 10.5 Å². The zero-order valence-electron chi connectivity index (χ0n) is 12.6. The number of rotatable bonds is 8. The summed E-state index contributed by atoms with van der Waals surface area (Å²) in [5.41, 5.74) is 1.48. The Labute approximate surface area is 125 Å². The molecule has 1 rings (SSSR count). The number of hydrogen-bond donors (Lipinski definition) is 3. The molecule has 0 atom stereocenters. The van der Waals surface area contributed by atoms with Crippen LogP contribution in [0.3, 0.4) is 0 Å². The first-order chi connectivity index (χ1) is 9.99. The minimum Gasteiger partial charge on any atom is -0.481 e. The van der Waals surface area contributed by atoms with E-state index in [1.165, 1.54) is 0 Å². The van der Waals surface area contributed by atoms with Gasteiger partial charge in [0, 0.05) is 18.7 Å². The van der Waals surface area contributed by atoms with Crippen LogP contribution in [-0.2, 0) is 11.2 Å². The lowest BCUT2D eigenvalue weighted by molar-refractivity contribution is -0.136. The van der Waals surface area contributed by atoms with Crippen molar-refractivity contribution in [3.8, 4) is 0 Å². The van der Waals surface area contributed by atoms with Gasteiger partial charge in [-0.25, -0.2) is 4.79 Å². The van der Waals surface area contributed by atoms with Gasteiger partial charge in [-0.1, -0.05) is 18.2 Å². The van der Waals surface area contributed by atoms with Crippen LogP contribution in [0.2, 0.25) is 0 Å². The first-order valence-electron chi connectivity index (χ1n) is 6.98. The van der Waals surface area contributed by atoms with Gasteiger partial charge in [-0.2, -0.15) is 0 Å². The predicted octanol–water partition coefficient (Wildman–Crippen LogP) is 1.78. The van der Waals surface area contributed by atoms with Crippen LogP contribution in [0.15, 0.2) is 24.3 Å². The summed E-state index contributed by atoms with van der Waals surface area (Å²) in [5.74, 6) is -0.849. The van der Waals surface area contributed by atoms with Crippen LogP contribution in [0.25, 0.3) is 0 Å². The molecule has 0 saturated carbocycles. The number of carboxylic acid groups (broad SMARTS) is 1. The third-order valence-corrected chi connectivity index (χ3v) is 2.94. The van der Waals surface area contributed by atoms with Crippen LogP contribution < -0.4 is 10.6 Å². The van der Waals surface area contributed by atoms with Crippen molar-refractivity contribution in [1.29, 1.82) is 0 Å². The normalized spacial score (nSPS) is 10.4. The highest BCUT2D eigenvalue weighted by atomic mass is 16.4. The first-order valence-corrected chi connectivity index (χ1v) is 6.98. The Hall–Kier alpha value is -2.08. The van der Waals surface area contributed by atoms with Gasteiger partial charge in [-0.05, 0) is 45.1 Å². The van der Waals surface area contributed by atoms with Crippen LogP contribution in [-0.4, -0.2) is 49.2 Å². The highest BCUT2D eigenvalue weighted by molar-refractivity contribution is 5.90. The number of benzene rings is 1. The molecule has 3 N–H and O–H groups in total. The molecule has 0 aliphatic carbocycles. The zero-order chi connectivity index (χ0) is 15.7. The van der Waals surface area contributed by atoms with Crippen molar-refractivity contribution in [3.63, 3.8) is 0 Å². The average molecular weight is 293 g/mol. The number of nitrogens with one attached hydrogen (secondary N) is 2. The van der Waals surface area contributed by atoms with Crippen molar-refractivity contribution in [1.82, 2.24) is 10.2 Å². The van der Waals surface area contributed by atoms with Crippen molar-refractivity contribution in [2.75, 3.05) is 32.5 Å². The van der Waals surface area contributed by atoms with Crippen molar-refractivity contribution in [2.45, 2.75) is 19.3 Å². The molecule has 1 aromatic carbocycles. The molecule has 21 heavy (non-hydrogen) atoms. The predicted molar refractivity (Wildman–Crippen MR) is 82.6 cm³/mol. The third-order valence-electron chi connectivity index (χ3n) is 2.94. The second kappa shape index (κ2) is 8.97. The Bertz CT molecular complexity index is 475. The summed E-state index contributed by atoms with van der Waals surface area (Å²) in [6, 6.07) is 6.97. The molecule has 0 aliphatic rings. The number of urea groups is 1. The smallest absolute Gasteiger partial charge is 0.319 e. The average Bonchev–Trinajstić information content (AvgIpc) is 2.42. The van der Waals surface area contributed by atoms with E-state index in [1.807, 2.05) is 32.3 Å². The number of carbonyl (C=O) groups excluding carboxylic acids is 1. The quantitative estimate of drug-likeness (QED) is 0.638. The summed E-state index contributed by atoms with van der Waals surface area (Å²) in [4.78, 5) is 24.5. The van der Waals surface area contributed by atoms with E-state index in [1.54, 1.807) is 6.07 Å². The number of amides is 2. The molecular formula is C15H23N3O3.